The minimum absolute atomic E-state index is 0.691. The Kier molecular flexibility index (Phi) is 4.08. The quantitative estimate of drug-likeness (QED) is 0.876. The number of benzene rings is 1. The molecule has 2 heterocycles. The summed E-state index contributed by atoms with van der Waals surface area (Å²) in [5.41, 5.74) is 2.59. The van der Waals surface area contributed by atoms with E-state index in [-0.39, 0.29) is 0 Å². The van der Waals surface area contributed by atoms with Gasteiger partial charge in [-0.2, -0.15) is 0 Å². The van der Waals surface area contributed by atoms with Crippen molar-refractivity contribution in [3.8, 4) is 0 Å². The minimum Gasteiger partial charge on any atom is -0.361 e. The highest BCUT2D eigenvalue weighted by atomic mass is 15.2. The molecule has 0 spiro atoms. The van der Waals surface area contributed by atoms with Gasteiger partial charge in [0, 0.05) is 30.8 Å². The molecule has 0 radical (unpaired) electrons. The van der Waals surface area contributed by atoms with Gasteiger partial charge >= 0.3 is 0 Å². The molecule has 2 N–H and O–H groups in total. The highest BCUT2D eigenvalue weighted by Gasteiger charge is 2.23. The molecule has 1 aromatic carbocycles. The van der Waals surface area contributed by atoms with E-state index in [4.69, 9.17) is 0 Å². The molecule has 20 heavy (non-hydrogen) atoms. The van der Waals surface area contributed by atoms with Crippen LogP contribution in [0.2, 0.25) is 0 Å². The van der Waals surface area contributed by atoms with Gasteiger partial charge in [0.2, 0.25) is 0 Å². The van der Waals surface area contributed by atoms with Gasteiger partial charge < -0.3 is 15.2 Å². The smallest absolute Gasteiger partial charge is 0.0454 e. The summed E-state index contributed by atoms with van der Waals surface area (Å²) in [6, 6.07) is 9.48. The molecule has 1 unspecified atom stereocenters. The maximum atomic E-state index is 3.62. The van der Waals surface area contributed by atoms with Gasteiger partial charge in [-0.25, -0.2) is 0 Å². The Hall–Kier alpha value is -1.32. The first-order chi connectivity index (χ1) is 9.72. The molecule has 1 aliphatic heterocycles. The maximum Gasteiger partial charge on any atom is 0.0454 e. The van der Waals surface area contributed by atoms with Gasteiger partial charge in [-0.1, -0.05) is 6.07 Å². The van der Waals surface area contributed by atoms with Crippen LogP contribution in [-0.2, 0) is 6.54 Å². The largest absolute Gasteiger partial charge is 0.361 e. The van der Waals surface area contributed by atoms with E-state index in [0.717, 1.165) is 19.0 Å². The van der Waals surface area contributed by atoms with Crippen LogP contribution in [0.5, 0.6) is 0 Å². The van der Waals surface area contributed by atoms with Gasteiger partial charge in [0.25, 0.3) is 0 Å². The molecule has 3 heteroatoms. The van der Waals surface area contributed by atoms with Gasteiger partial charge in [0.1, 0.15) is 0 Å². The van der Waals surface area contributed by atoms with E-state index in [1.54, 1.807) is 0 Å². The average molecular weight is 271 g/mol. The zero-order valence-electron chi connectivity index (χ0n) is 12.5. The van der Waals surface area contributed by atoms with Crippen LogP contribution in [0.4, 0.5) is 0 Å². The molecule has 1 saturated heterocycles. The summed E-state index contributed by atoms with van der Waals surface area (Å²) in [6.07, 6.45) is 3.34. The number of likely N-dealkylation sites (tertiary alicyclic amines) is 1. The zero-order chi connectivity index (χ0) is 13.9. The summed E-state index contributed by atoms with van der Waals surface area (Å²) in [7, 11) is 0. The number of nitrogens with one attached hydrogen (secondary N) is 2. The summed E-state index contributed by atoms with van der Waals surface area (Å²) >= 11 is 0. The van der Waals surface area contributed by atoms with Gasteiger partial charge in [0.05, 0.1) is 0 Å². The van der Waals surface area contributed by atoms with E-state index >= 15 is 0 Å². The van der Waals surface area contributed by atoms with Crippen molar-refractivity contribution in [3.05, 3.63) is 36.0 Å². The third-order valence-corrected chi connectivity index (χ3v) is 4.43. The van der Waals surface area contributed by atoms with Crippen molar-refractivity contribution in [2.24, 2.45) is 5.92 Å². The molecule has 3 nitrogen and oxygen atoms in total. The Balaban J connectivity index is 1.48. The second kappa shape index (κ2) is 5.98. The Morgan fingerprint density at radius 3 is 3.05 bits per heavy atom. The topological polar surface area (TPSA) is 31.1 Å². The van der Waals surface area contributed by atoms with Crippen LogP contribution in [0.15, 0.2) is 30.5 Å². The van der Waals surface area contributed by atoms with E-state index in [2.05, 4.69) is 53.3 Å². The van der Waals surface area contributed by atoms with Gasteiger partial charge in [-0.15, -0.1) is 0 Å². The summed E-state index contributed by atoms with van der Waals surface area (Å²) in [5.74, 6) is 0.813. The lowest BCUT2D eigenvalue weighted by atomic mass is 10.1. The highest BCUT2D eigenvalue weighted by molar-refractivity contribution is 5.79. The zero-order valence-corrected chi connectivity index (χ0v) is 12.5. The number of nitrogens with zero attached hydrogens (tertiary/aromatic N) is 1. The molecule has 1 fully saturated rings. The van der Waals surface area contributed by atoms with E-state index in [9.17, 15) is 0 Å². The van der Waals surface area contributed by atoms with E-state index in [1.807, 2.05) is 6.20 Å². The second-order valence-electron chi connectivity index (χ2n) is 6.27. The van der Waals surface area contributed by atoms with Crippen LogP contribution in [0.3, 0.4) is 0 Å². The van der Waals surface area contributed by atoms with Crippen molar-refractivity contribution < 1.29 is 0 Å². The normalized spacial score (nSPS) is 20.2. The molecule has 0 aliphatic carbocycles. The van der Waals surface area contributed by atoms with Crippen LogP contribution in [0.1, 0.15) is 25.8 Å². The molecule has 1 aliphatic rings. The van der Waals surface area contributed by atoms with E-state index in [1.165, 1.54) is 36.0 Å². The fraction of sp³-hybridized carbons (Fsp3) is 0.529. The monoisotopic (exact) mass is 271 g/mol. The molecular weight excluding hydrogens is 246 g/mol. The predicted octanol–water partition coefficient (Wildman–Crippen LogP) is 2.99. The molecule has 1 aromatic heterocycles. The molecule has 2 aromatic rings. The van der Waals surface area contributed by atoms with Gasteiger partial charge in [-0.3, -0.25) is 0 Å². The lowest BCUT2D eigenvalue weighted by Gasteiger charge is -2.20. The predicted molar refractivity (Wildman–Crippen MR) is 84.8 cm³/mol. The third-order valence-electron chi connectivity index (χ3n) is 4.43. The van der Waals surface area contributed by atoms with Gasteiger partial charge in [0.15, 0.2) is 0 Å². The van der Waals surface area contributed by atoms with Crippen LogP contribution in [-0.4, -0.2) is 35.6 Å². The fourth-order valence-corrected chi connectivity index (χ4v) is 3.13. The van der Waals surface area contributed by atoms with E-state index < -0.39 is 0 Å². The van der Waals surface area contributed by atoms with Crippen molar-refractivity contribution in [1.29, 1.82) is 0 Å². The summed E-state index contributed by atoms with van der Waals surface area (Å²) in [5, 5.41) is 4.93. The van der Waals surface area contributed by atoms with E-state index in [0.29, 0.717) is 6.04 Å². The molecule has 0 saturated carbocycles. The van der Waals surface area contributed by atoms with Crippen molar-refractivity contribution in [2.45, 2.75) is 32.9 Å². The lowest BCUT2D eigenvalue weighted by molar-refractivity contribution is 0.264. The van der Waals surface area contributed by atoms with Crippen LogP contribution < -0.4 is 5.32 Å². The highest BCUT2D eigenvalue weighted by Crippen LogP contribution is 2.18. The lowest BCUT2D eigenvalue weighted by Crippen LogP contribution is -2.30. The number of aromatic nitrogens is 1. The van der Waals surface area contributed by atoms with Crippen LogP contribution >= 0.6 is 0 Å². The van der Waals surface area contributed by atoms with Crippen molar-refractivity contribution in [1.82, 2.24) is 15.2 Å². The molecule has 3 rings (SSSR count). The standard InChI is InChI=1S/C17H25N3/c1-13(2)20-8-6-15(12-20)11-18-10-14-3-4-17-16(9-14)5-7-19-17/h3-5,7,9,13,15,18-19H,6,8,10-12H2,1-2H3. The second-order valence-corrected chi connectivity index (χ2v) is 6.27. The van der Waals surface area contributed by atoms with Gasteiger partial charge in [-0.05, 0) is 68.4 Å². The first-order valence-corrected chi connectivity index (χ1v) is 7.73. The summed E-state index contributed by atoms with van der Waals surface area (Å²) < 4.78 is 0. The number of H-pyrrole nitrogens is 1. The van der Waals surface area contributed by atoms with Crippen molar-refractivity contribution in [3.63, 3.8) is 0 Å². The van der Waals surface area contributed by atoms with Crippen molar-refractivity contribution >= 4 is 10.9 Å². The molecule has 0 bridgehead atoms. The third kappa shape index (κ3) is 3.05. The number of hydrogen-bond acceptors (Lipinski definition) is 2. The van der Waals surface area contributed by atoms with Crippen molar-refractivity contribution in [2.75, 3.05) is 19.6 Å². The Morgan fingerprint density at radius 1 is 1.35 bits per heavy atom. The fourth-order valence-electron chi connectivity index (χ4n) is 3.13. The first kappa shape index (κ1) is 13.7. The molecular formula is C17H25N3. The Morgan fingerprint density at radius 2 is 2.25 bits per heavy atom. The van der Waals surface area contributed by atoms with Crippen LogP contribution in [0.25, 0.3) is 10.9 Å². The molecule has 108 valence electrons. The average Bonchev–Trinajstić information content (AvgIpc) is 3.06. The summed E-state index contributed by atoms with van der Waals surface area (Å²) in [4.78, 5) is 5.82. The number of fused-ring (bicyclic) bond motifs is 1. The summed E-state index contributed by atoms with van der Waals surface area (Å²) in [6.45, 7) is 9.21. The van der Waals surface area contributed by atoms with Crippen LogP contribution in [0, 0.1) is 5.92 Å². The number of hydrogen-bond donors (Lipinski definition) is 2. The Bertz CT molecular complexity index is 558. The molecule has 0 amide bonds. The number of rotatable bonds is 5. The number of aromatic amines is 1. The minimum atomic E-state index is 0.691. The molecule has 1 atom stereocenters. The first-order valence-electron chi connectivity index (χ1n) is 7.73. The Labute approximate surface area is 121 Å². The SMILES string of the molecule is CC(C)N1CCC(CNCc2ccc3[nH]ccc3c2)C1. The maximum absolute atomic E-state index is 3.62.